The van der Waals surface area contributed by atoms with Crippen molar-refractivity contribution in [3.63, 3.8) is 0 Å². The minimum atomic E-state index is -0.0942. The molecule has 0 aliphatic carbocycles. The summed E-state index contributed by atoms with van der Waals surface area (Å²) in [6, 6.07) is 15.3. The number of rotatable bonds is 7. The minimum absolute atomic E-state index is 0.0942. The lowest BCUT2D eigenvalue weighted by Crippen LogP contribution is -2.13. The predicted octanol–water partition coefficient (Wildman–Crippen LogP) is 4.45. The van der Waals surface area contributed by atoms with E-state index < -0.39 is 0 Å². The van der Waals surface area contributed by atoms with E-state index in [1.807, 2.05) is 55.5 Å². The number of nitrogens with one attached hydrogen (secondary N) is 1. The Kier molecular flexibility index (Phi) is 5.40. The molecule has 1 N–H and O–H groups in total. The van der Waals surface area contributed by atoms with Crippen molar-refractivity contribution >= 4 is 32.6 Å². The van der Waals surface area contributed by atoms with Gasteiger partial charge < -0.3 is 14.8 Å². The van der Waals surface area contributed by atoms with Gasteiger partial charge in [0.2, 0.25) is 5.91 Å². The fourth-order valence-corrected chi connectivity index (χ4v) is 3.05. The van der Waals surface area contributed by atoms with Crippen LogP contribution in [0.2, 0.25) is 0 Å². The molecule has 0 atom stereocenters. The zero-order valence-electron chi connectivity index (χ0n) is 13.3. The third kappa shape index (κ3) is 4.31. The highest BCUT2D eigenvalue weighted by molar-refractivity contribution is 7.22. The number of hydrogen-bond acceptors (Lipinski definition) is 5. The van der Waals surface area contributed by atoms with Crippen molar-refractivity contribution in [2.75, 3.05) is 18.5 Å². The van der Waals surface area contributed by atoms with E-state index in [-0.39, 0.29) is 5.91 Å². The Hall–Kier alpha value is -2.44. The van der Waals surface area contributed by atoms with Crippen molar-refractivity contribution in [3.8, 4) is 11.5 Å². The van der Waals surface area contributed by atoms with Gasteiger partial charge in [-0.15, -0.1) is 0 Å². The molecular weight excluding hydrogens is 324 g/mol. The summed E-state index contributed by atoms with van der Waals surface area (Å²) in [6.07, 6.45) is 0.326. The van der Waals surface area contributed by atoms with Crippen molar-refractivity contribution < 1.29 is 14.3 Å². The first kappa shape index (κ1) is 16.4. The van der Waals surface area contributed by atoms with Crippen molar-refractivity contribution in [2.45, 2.75) is 13.3 Å². The van der Waals surface area contributed by atoms with E-state index in [0.29, 0.717) is 24.8 Å². The van der Waals surface area contributed by atoms with E-state index in [0.717, 1.165) is 21.7 Å². The molecule has 124 valence electrons. The molecule has 2 aromatic carbocycles. The van der Waals surface area contributed by atoms with Crippen LogP contribution in [0, 0.1) is 0 Å². The maximum atomic E-state index is 11.8. The van der Waals surface area contributed by atoms with Gasteiger partial charge in [0.15, 0.2) is 5.13 Å². The van der Waals surface area contributed by atoms with Crippen LogP contribution in [0.25, 0.3) is 10.2 Å². The van der Waals surface area contributed by atoms with Crippen LogP contribution in [-0.4, -0.2) is 24.1 Å². The molecule has 0 aliphatic heterocycles. The summed E-state index contributed by atoms with van der Waals surface area (Å²) in [7, 11) is 0. The van der Waals surface area contributed by atoms with Crippen molar-refractivity contribution in [1.29, 1.82) is 0 Å². The lowest BCUT2D eigenvalue weighted by Gasteiger charge is -2.04. The van der Waals surface area contributed by atoms with Crippen LogP contribution in [0.15, 0.2) is 48.5 Å². The van der Waals surface area contributed by atoms with Crippen molar-refractivity contribution in [2.24, 2.45) is 0 Å². The minimum Gasteiger partial charge on any atom is -0.457 e. The Labute approximate surface area is 144 Å². The fraction of sp³-hybridized carbons (Fsp3) is 0.222. The summed E-state index contributed by atoms with van der Waals surface area (Å²) in [6.45, 7) is 2.93. The van der Waals surface area contributed by atoms with E-state index in [1.54, 1.807) is 0 Å². The van der Waals surface area contributed by atoms with E-state index in [2.05, 4.69) is 10.3 Å². The smallest absolute Gasteiger partial charge is 0.228 e. The number of benzene rings is 2. The Balaban J connectivity index is 1.68. The molecule has 0 aliphatic rings. The number of para-hydroxylation sites is 1. The number of hydrogen-bond donors (Lipinski definition) is 1. The predicted molar refractivity (Wildman–Crippen MR) is 95.9 cm³/mol. The van der Waals surface area contributed by atoms with Crippen LogP contribution in [-0.2, 0) is 9.53 Å². The number of fused-ring (bicyclic) bond motifs is 1. The summed E-state index contributed by atoms with van der Waals surface area (Å²) in [5.41, 5.74) is 0.834. The topological polar surface area (TPSA) is 60.5 Å². The van der Waals surface area contributed by atoms with Crippen LogP contribution in [0.1, 0.15) is 13.3 Å². The number of thiazole rings is 1. The van der Waals surface area contributed by atoms with Crippen LogP contribution in [0.4, 0.5) is 5.13 Å². The molecule has 6 heteroatoms. The van der Waals surface area contributed by atoms with Gasteiger partial charge in [-0.3, -0.25) is 4.79 Å². The third-order valence-electron chi connectivity index (χ3n) is 3.26. The molecule has 0 spiro atoms. The van der Waals surface area contributed by atoms with Gasteiger partial charge in [0.25, 0.3) is 0 Å². The van der Waals surface area contributed by atoms with Gasteiger partial charge in [-0.1, -0.05) is 29.5 Å². The van der Waals surface area contributed by atoms with Gasteiger partial charge in [-0.2, -0.15) is 0 Å². The van der Waals surface area contributed by atoms with E-state index >= 15 is 0 Å². The zero-order valence-corrected chi connectivity index (χ0v) is 14.1. The molecule has 0 saturated heterocycles. The summed E-state index contributed by atoms with van der Waals surface area (Å²) < 4.78 is 12.0. The van der Waals surface area contributed by atoms with E-state index in [9.17, 15) is 4.79 Å². The second-order valence-corrected chi connectivity index (χ2v) is 6.09. The zero-order chi connectivity index (χ0) is 16.8. The lowest BCUT2D eigenvalue weighted by atomic mass is 10.3. The fourth-order valence-electron chi connectivity index (χ4n) is 2.14. The highest BCUT2D eigenvalue weighted by Crippen LogP contribution is 2.31. The van der Waals surface area contributed by atoms with E-state index in [4.69, 9.17) is 9.47 Å². The molecule has 5 nitrogen and oxygen atoms in total. The standard InChI is InChI=1S/C18H18N2O3S/c1-2-22-11-10-17(21)20-18-19-15-9-8-14(12-16(15)24-18)23-13-6-4-3-5-7-13/h3-9,12H,2,10-11H2,1H3,(H,19,20,21). The van der Waals surface area contributed by atoms with Gasteiger partial charge in [0.05, 0.1) is 23.2 Å². The molecule has 0 radical (unpaired) electrons. The van der Waals surface area contributed by atoms with Gasteiger partial charge in [0, 0.05) is 12.7 Å². The molecule has 1 aromatic heterocycles. The van der Waals surface area contributed by atoms with Crippen LogP contribution in [0.3, 0.4) is 0 Å². The molecule has 0 bridgehead atoms. The number of aromatic nitrogens is 1. The highest BCUT2D eigenvalue weighted by atomic mass is 32.1. The SMILES string of the molecule is CCOCCC(=O)Nc1nc2ccc(Oc3ccccc3)cc2s1. The van der Waals surface area contributed by atoms with Crippen LogP contribution >= 0.6 is 11.3 Å². The molecule has 0 saturated carbocycles. The first-order chi connectivity index (χ1) is 11.7. The molecule has 0 fully saturated rings. The van der Waals surface area contributed by atoms with Crippen LogP contribution < -0.4 is 10.1 Å². The number of anilines is 1. The van der Waals surface area contributed by atoms with E-state index in [1.165, 1.54) is 11.3 Å². The van der Waals surface area contributed by atoms with Gasteiger partial charge in [0.1, 0.15) is 11.5 Å². The maximum Gasteiger partial charge on any atom is 0.228 e. The molecule has 0 unspecified atom stereocenters. The highest BCUT2D eigenvalue weighted by Gasteiger charge is 2.09. The van der Waals surface area contributed by atoms with Crippen molar-refractivity contribution in [3.05, 3.63) is 48.5 Å². The molecule has 1 amide bonds. The summed E-state index contributed by atoms with van der Waals surface area (Å²) in [4.78, 5) is 16.2. The lowest BCUT2D eigenvalue weighted by molar-refractivity contribution is -0.117. The Morgan fingerprint density at radius 2 is 2.00 bits per heavy atom. The summed E-state index contributed by atoms with van der Waals surface area (Å²) in [5, 5.41) is 3.39. The summed E-state index contributed by atoms with van der Waals surface area (Å²) in [5.74, 6) is 1.43. The average Bonchev–Trinajstić information content (AvgIpc) is 2.97. The molecule has 24 heavy (non-hydrogen) atoms. The Bertz CT molecular complexity index is 818. The number of carbonyl (C=O) groups excluding carboxylic acids is 1. The summed E-state index contributed by atoms with van der Waals surface area (Å²) >= 11 is 1.43. The second-order valence-electron chi connectivity index (χ2n) is 5.06. The third-order valence-corrected chi connectivity index (χ3v) is 4.20. The monoisotopic (exact) mass is 342 g/mol. The molecule has 1 heterocycles. The average molecular weight is 342 g/mol. The number of nitrogens with zero attached hydrogens (tertiary/aromatic N) is 1. The quantitative estimate of drug-likeness (QED) is 0.644. The van der Waals surface area contributed by atoms with Gasteiger partial charge >= 0.3 is 0 Å². The number of amides is 1. The Morgan fingerprint density at radius 1 is 1.17 bits per heavy atom. The van der Waals surface area contributed by atoms with Crippen molar-refractivity contribution in [1.82, 2.24) is 4.98 Å². The first-order valence-corrected chi connectivity index (χ1v) is 8.57. The second kappa shape index (κ2) is 7.90. The maximum absolute atomic E-state index is 11.8. The number of carbonyl (C=O) groups is 1. The Morgan fingerprint density at radius 3 is 2.79 bits per heavy atom. The largest absolute Gasteiger partial charge is 0.457 e. The molecule has 3 rings (SSSR count). The van der Waals surface area contributed by atoms with Gasteiger partial charge in [-0.05, 0) is 31.2 Å². The van der Waals surface area contributed by atoms with Gasteiger partial charge in [-0.25, -0.2) is 4.98 Å². The number of ether oxygens (including phenoxy) is 2. The van der Waals surface area contributed by atoms with Crippen LogP contribution in [0.5, 0.6) is 11.5 Å². The molecule has 3 aromatic rings. The normalized spacial score (nSPS) is 10.7. The first-order valence-electron chi connectivity index (χ1n) is 7.75. The molecular formula is C18H18N2O3S.